The van der Waals surface area contributed by atoms with Crippen molar-refractivity contribution in [1.82, 2.24) is 4.98 Å². The molecule has 0 amide bonds. The summed E-state index contributed by atoms with van der Waals surface area (Å²) in [6.07, 6.45) is 10.8. The molecule has 1 nitrogen and oxygen atoms in total. The second-order valence-electron chi connectivity index (χ2n) is 4.91. The summed E-state index contributed by atoms with van der Waals surface area (Å²) >= 11 is 0. The Morgan fingerprint density at radius 3 is 2.89 bits per heavy atom. The Morgan fingerprint density at radius 1 is 1.26 bits per heavy atom. The second kappa shape index (κ2) is 4.85. The van der Waals surface area contributed by atoms with Crippen molar-refractivity contribution in [2.24, 2.45) is 0 Å². The van der Waals surface area contributed by atoms with Crippen LogP contribution in [0.25, 0.3) is 22.6 Å². The first-order valence-corrected chi connectivity index (χ1v) is 6.69. The molecule has 0 aliphatic heterocycles. The van der Waals surface area contributed by atoms with Gasteiger partial charge >= 0.3 is 0 Å². The number of nitrogens with zero attached hydrogens (tertiary/aromatic N) is 1. The number of hydrogen-bond donors (Lipinski definition) is 0. The summed E-state index contributed by atoms with van der Waals surface area (Å²) in [5, 5.41) is 1.22. The average molecular weight is 247 g/mol. The number of rotatable bonds is 2. The highest BCUT2D eigenvalue weighted by atomic mass is 14.7. The summed E-state index contributed by atoms with van der Waals surface area (Å²) in [6, 6.07) is 8.49. The lowest BCUT2D eigenvalue weighted by Gasteiger charge is -2.12. The van der Waals surface area contributed by atoms with E-state index < -0.39 is 0 Å². The molecule has 0 fully saturated rings. The standard InChI is InChI=1S/C18H17N/c1-3-17-16(14-9-5-4-6-10-14)12-15-13(2)8-7-11-18(15)19-17/h3,5,7-12H,1,4,6H2,2H3. The third kappa shape index (κ3) is 2.12. The topological polar surface area (TPSA) is 12.9 Å². The van der Waals surface area contributed by atoms with Crippen LogP contribution in [0.4, 0.5) is 0 Å². The van der Waals surface area contributed by atoms with Gasteiger partial charge in [0.1, 0.15) is 0 Å². The minimum Gasteiger partial charge on any atom is -0.248 e. The number of benzene rings is 1. The number of aromatic nitrogens is 1. The quantitative estimate of drug-likeness (QED) is 0.734. The molecule has 2 aromatic rings. The van der Waals surface area contributed by atoms with Crippen molar-refractivity contribution in [2.45, 2.75) is 19.8 Å². The van der Waals surface area contributed by atoms with Gasteiger partial charge in [-0.05, 0) is 49.1 Å². The Balaban J connectivity index is 2.28. The van der Waals surface area contributed by atoms with Gasteiger partial charge in [0.2, 0.25) is 0 Å². The first-order valence-electron chi connectivity index (χ1n) is 6.69. The molecule has 0 atom stereocenters. The highest BCUT2D eigenvalue weighted by Gasteiger charge is 2.09. The molecule has 0 spiro atoms. The highest BCUT2D eigenvalue weighted by Crippen LogP contribution is 2.28. The number of fused-ring (bicyclic) bond motifs is 1. The van der Waals surface area contributed by atoms with Gasteiger partial charge in [0, 0.05) is 10.9 Å². The van der Waals surface area contributed by atoms with Gasteiger partial charge in [0.25, 0.3) is 0 Å². The molecule has 94 valence electrons. The summed E-state index contributed by atoms with van der Waals surface area (Å²) in [7, 11) is 0. The molecule has 0 N–H and O–H groups in total. The van der Waals surface area contributed by atoms with Gasteiger partial charge in [0.15, 0.2) is 0 Å². The van der Waals surface area contributed by atoms with Crippen LogP contribution >= 0.6 is 0 Å². The Morgan fingerprint density at radius 2 is 2.16 bits per heavy atom. The smallest absolute Gasteiger partial charge is 0.0712 e. The molecule has 1 heterocycles. The van der Waals surface area contributed by atoms with E-state index in [4.69, 9.17) is 4.98 Å². The van der Waals surface area contributed by atoms with E-state index in [1.54, 1.807) is 0 Å². The normalized spacial score (nSPS) is 14.5. The van der Waals surface area contributed by atoms with E-state index in [2.05, 4.69) is 56.0 Å². The maximum atomic E-state index is 4.74. The lowest BCUT2D eigenvalue weighted by atomic mass is 9.96. The van der Waals surface area contributed by atoms with Crippen LogP contribution in [0.5, 0.6) is 0 Å². The monoisotopic (exact) mass is 247 g/mol. The maximum absolute atomic E-state index is 4.74. The SMILES string of the molecule is C=Cc1nc2cccc(C)c2cc1C1=CCCC=C1. The summed E-state index contributed by atoms with van der Waals surface area (Å²) in [6.45, 7) is 6.03. The van der Waals surface area contributed by atoms with Crippen LogP contribution in [-0.2, 0) is 0 Å². The van der Waals surface area contributed by atoms with Gasteiger partial charge in [-0.25, -0.2) is 4.98 Å². The van der Waals surface area contributed by atoms with Crippen LogP contribution in [0, 0.1) is 6.92 Å². The van der Waals surface area contributed by atoms with E-state index in [-0.39, 0.29) is 0 Å². The van der Waals surface area contributed by atoms with Crippen LogP contribution in [0.15, 0.2) is 49.1 Å². The Labute approximate surface area is 114 Å². The molecule has 1 aliphatic carbocycles. The molecule has 3 rings (SSSR count). The van der Waals surface area contributed by atoms with Crippen molar-refractivity contribution < 1.29 is 0 Å². The molecule has 1 aromatic heterocycles. The minimum absolute atomic E-state index is 0.968. The van der Waals surface area contributed by atoms with Crippen molar-refractivity contribution in [3.63, 3.8) is 0 Å². The van der Waals surface area contributed by atoms with E-state index in [9.17, 15) is 0 Å². The predicted octanol–water partition coefficient (Wildman–Crippen LogP) is 4.92. The number of allylic oxidation sites excluding steroid dienone is 4. The van der Waals surface area contributed by atoms with Gasteiger partial charge in [-0.3, -0.25) is 0 Å². The van der Waals surface area contributed by atoms with Crippen LogP contribution in [-0.4, -0.2) is 4.98 Å². The highest BCUT2D eigenvalue weighted by molar-refractivity contribution is 5.90. The first-order chi connectivity index (χ1) is 9.29. The molecule has 0 unspecified atom stereocenters. The number of pyridine rings is 1. The van der Waals surface area contributed by atoms with E-state index in [1.165, 1.54) is 22.1 Å². The lowest BCUT2D eigenvalue weighted by molar-refractivity contribution is 1.04. The average Bonchev–Trinajstić information content (AvgIpc) is 2.47. The Bertz CT molecular complexity index is 705. The van der Waals surface area contributed by atoms with Gasteiger partial charge in [-0.1, -0.05) is 36.9 Å². The number of hydrogen-bond acceptors (Lipinski definition) is 1. The van der Waals surface area contributed by atoms with Crippen LogP contribution in [0.3, 0.4) is 0 Å². The molecule has 0 saturated heterocycles. The summed E-state index contributed by atoms with van der Waals surface area (Å²) in [4.78, 5) is 4.74. The van der Waals surface area contributed by atoms with Crippen molar-refractivity contribution in [1.29, 1.82) is 0 Å². The second-order valence-corrected chi connectivity index (χ2v) is 4.91. The molecule has 0 saturated carbocycles. The van der Waals surface area contributed by atoms with Crippen molar-refractivity contribution in [3.8, 4) is 0 Å². The third-order valence-electron chi connectivity index (χ3n) is 3.61. The largest absolute Gasteiger partial charge is 0.248 e. The molecule has 1 heteroatoms. The zero-order chi connectivity index (χ0) is 13.2. The van der Waals surface area contributed by atoms with E-state index in [0.717, 1.165) is 24.1 Å². The summed E-state index contributed by atoms with van der Waals surface area (Å²) < 4.78 is 0. The van der Waals surface area contributed by atoms with E-state index in [0.29, 0.717) is 0 Å². The minimum atomic E-state index is 0.968. The zero-order valence-electron chi connectivity index (χ0n) is 11.2. The first kappa shape index (κ1) is 11.9. The van der Waals surface area contributed by atoms with Crippen molar-refractivity contribution in [2.75, 3.05) is 0 Å². The molecular formula is C18H17N. The molecular weight excluding hydrogens is 230 g/mol. The predicted molar refractivity (Wildman–Crippen MR) is 82.9 cm³/mol. The summed E-state index contributed by atoms with van der Waals surface area (Å²) in [5.74, 6) is 0. The van der Waals surface area contributed by atoms with E-state index in [1.807, 2.05) is 6.08 Å². The van der Waals surface area contributed by atoms with Crippen molar-refractivity contribution in [3.05, 3.63) is 65.9 Å². The van der Waals surface area contributed by atoms with E-state index >= 15 is 0 Å². The third-order valence-corrected chi connectivity index (χ3v) is 3.61. The molecule has 1 aromatic carbocycles. The van der Waals surface area contributed by atoms with Gasteiger partial charge < -0.3 is 0 Å². The summed E-state index contributed by atoms with van der Waals surface area (Å²) in [5.41, 5.74) is 5.73. The fourth-order valence-corrected chi connectivity index (χ4v) is 2.56. The fourth-order valence-electron chi connectivity index (χ4n) is 2.56. The van der Waals surface area contributed by atoms with Gasteiger partial charge in [0.05, 0.1) is 11.2 Å². The fraction of sp³-hybridized carbons (Fsp3) is 0.167. The maximum Gasteiger partial charge on any atom is 0.0712 e. The van der Waals surface area contributed by atoms with Gasteiger partial charge in [-0.15, -0.1) is 0 Å². The molecule has 0 radical (unpaired) electrons. The molecule has 19 heavy (non-hydrogen) atoms. The van der Waals surface area contributed by atoms with Crippen LogP contribution in [0.2, 0.25) is 0 Å². The van der Waals surface area contributed by atoms with Gasteiger partial charge in [-0.2, -0.15) is 0 Å². The van der Waals surface area contributed by atoms with Crippen LogP contribution in [0.1, 0.15) is 29.7 Å². The molecule has 0 bridgehead atoms. The number of aryl methyl sites for hydroxylation is 1. The van der Waals surface area contributed by atoms with Crippen molar-refractivity contribution >= 4 is 22.6 Å². The zero-order valence-corrected chi connectivity index (χ0v) is 11.2. The lowest BCUT2D eigenvalue weighted by Crippen LogP contribution is -1.95. The Kier molecular flexibility index (Phi) is 3.04. The Hall–Kier alpha value is -2.15. The molecule has 1 aliphatic rings. The van der Waals surface area contributed by atoms with Crippen LogP contribution < -0.4 is 0 Å².